The molecule has 4 rings (SSSR count). The summed E-state index contributed by atoms with van der Waals surface area (Å²) in [5.41, 5.74) is 6.90. The topological polar surface area (TPSA) is 24.5 Å². The number of hydrogen-bond donors (Lipinski definition) is 1. The third kappa shape index (κ3) is 8.33. The predicted molar refractivity (Wildman–Crippen MR) is 152 cm³/mol. The molecule has 39 heavy (non-hydrogen) atoms. The molecule has 1 N–H and O–H groups in total. The molecule has 0 radical (unpaired) electrons. The molecule has 4 aromatic carbocycles. The second-order valence-corrected chi connectivity index (χ2v) is 9.93. The molecule has 0 unspecified atom stereocenters. The number of hydrogen-bond acceptors (Lipinski definition) is 3. The summed E-state index contributed by atoms with van der Waals surface area (Å²) < 4.78 is 40.6. The first-order chi connectivity index (χ1) is 18.8. The fraction of sp³-hybridized carbons (Fsp3) is 0.250. The fourth-order valence-corrected chi connectivity index (χ4v) is 4.84. The number of aryl methyl sites for hydroxylation is 1. The van der Waals surface area contributed by atoms with Gasteiger partial charge in [0.2, 0.25) is 0 Å². The molecule has 0 amide bonds. The average Bonchev–Trinajstić information content (AvgIpc) is 2.93. The van der Waals surface area contributed by atoms with E-state index in [2.05, 4.69) is 34.6 Å². The van der Waals surface area contributed by atoms with E-state index in [4.69, 9.17) is 16.4 Å². The molecule has 0 fully saturated rings. The summed E-state index contributed by atoms with van der Waals surface area (Å²) in [7, 11) is 0. The van der Waals surface area contributed by atoms with Crippen molar-refractivity contribution in [3.63, 3.8) is 0 Å². The van der Waals surface area contributed by atoms with Crippen LogP contribution in [0.2, 0.25) is 5.02 Å². The van der Waals surface area contributed by atoms with Crippen LogP contribution in [0, 0.1) is 6.92 Å². The van der Waals surface area contributed by atoms with E-state index in [1.807, 2.05) is 67.6 Å². The summed E-state index contributed by atoms with van der Waals surface area (Å²) in [5.74, 6) is 0.0311. The Kier molecular flexibility index (Phi) is 10.0. The highest BCUT2D eigenvalue weighted by Crippen LogP contribution is 2.37. The summed E-state index contributed by atoms with van der Waals surface area (Å²) in [5, 5.41) is -0.247. The van der Waals surface area contributed by atoms with E-state index in [0.29, 0.717) is 31.7 Å². The third-order valence-electron chi connectivity index (χ3n) is 6.59. The molecule has 0 spiro atoms. The highest BCUT2D eigenvalue weighted by molar-refractivity contribution is 6.32. The van der Waals surface area contributed by atoms with E-state index in [9.17, 15) is 13.2 Å². The van der Waals surface area contributed by atoms with Crippen molar-refractivity contribution in [1.29, 1.82) is 0 Å². The zero-order chi connectivity index (χ0) is 27.7. The standard InChI is InChI=1S/C32H32ClF3N2O/c1-24-16-18-28(19-17-24)37-39-21-9-20-38(22-27-14-8-15-30(31(27)33)32(34,35)36)23-29(25-10-4-2-5-11-25)26-12-6-3-7-13-26/h2-8,10-19,29,37H,9,20-23H2,1H3. The largest absolute Gasteiger partial charge is 0.417 e. The van der Waals surface area contributed by atoms with Crippen LogP contribution in [0.25, 0.3) is 0 Å². The second kappa shape index (κ2) is 13.7. The predicted octanol–water partition coefficient (Wildman–Crippen LogP) is 8.74. The normalized spacial score (nSPS) is 11.8. The molecular weight excluding hydrogens is 521 g/mol. The second-order valence-electron chi connectivity index (χ2n) is 9.56. The molecule has 7 heteroatoms. The van der Waals surface area contributed by atoms with Crippen molar-refractivity contribution in [2.24, 2.45) is 0 Å². The summed E-state index contributed by atoms with van der Waals surface area (Å²) in [6, 6.07) is 32.3. The van der Waals surface area contributed by atoms with Crippen LogP contribution in [0.15, 0.2) is 103 Å². The molecule has 0 aliphatic heterocycles. The van der Waals surface area contributed by atoms with Gasteiger partial charge in [0.15, 0.2) is 0 Å². The Labute approximate surface area is 233 Å². The molecule has 204 valence electrons. The van der Waals surface area contributed by atoms with Gasteiger partial charge < -0.3 is 0 Å². The van der Waals surface area contributed by atoms with Gasteiger partial charge >= 0.3 is 6.18 Å². The first-order valence-corrected chi connectivity index (χ1v) is 13.3. The fourth-order valence-electron chi connectivity index (χ4n) is 4.55. The minimum Gasteiger partial charge on any atom is -0.298 e. The lowest BCUT2D eigenvalue weighted by atomic mass is 9.90. The zero-order valence-electron chi connectivity index (χ0n) is 21.8. The molecule has 4 aromatic rings. The van der Waals surface area contributed by atoms with Crippen molar-refractivity contribution in [2.75, 3.05) is 25.2 Å². The van der Waals surface area contributed by atoms with E-state index in [1.54, 1.807) is 6.07 Å². The van der Waals surface area contributed by atoms with Crippen molar-refractivity contribution in [3.05, 3.63) is 136 Å². The minimum atomic E-state index is -4.51. The Morgan fingerprint density at radius 2 is 1.44 bits per heavy atom. The third-order valence-corrected chi connectivity index (χ3v) is 7.03. The van der Waals surface area contributed by atoms with Gasteiger partial charge in [-0.25, -0.2) is 0 Å². The maximum absolute atomic E-state index is 13.5. The van der Waals surface area contributed by atoms with Gasteiger partial charge in [0.1, 0.15) is 0 Å². The molecule has 0 saturated heterocycles. The molecule has 0 aliphatic carbocycles. The van der Waals surface area contributed by atoms with Gasteiger partial charge in [0, 0.05) is 25.6 Å². The van der Waals surface area contributed by atoms with E-state index in [-0.39, 0.29) is 17.5 Å². The molecule has 0 atom stereocenters. The first kappa shape index (κ1) is 28.7. The molecule has 0 saturated carbocycles. The highest BCUT2D eigenvalue weighted by atomic mass is 35.5. The number of alkyl halides is 3. The number of benzene rings is 4. The lowest BCUT2D eigenvalue weighted by Gasteiger charge is -2.29. The Morgan fingerprint density at radius 3 is 2.03 bits per heavy atom. The summed E-state index contributed by atoms with van der Waals surface area (Å²) in [6.45, 7) is 3.95. The number of nitrogens with zero attached hydrogens (tertiary/aromatic N) is 1. The van der Waals surface area contributed by atoms with Crippen molar-refractivity contribution in [2.45, 2.75) is 32.0 Å². The Morgan fingerprint density at radius 1 is 0.821 bits per heavy atom. The van der Waals surface area contributed by atoms with Gasteiger partial charge in [-0.15, -0.1) is 0 Å². The van der Waals surface area contributed by atoms with E-state index in [1.165, 1.54) is 6.07 Å². The van der Waals surface area contributed by atoms with Crippen LogP contribution >= 0.6 is 11.6 Å². The van der Waals surface area contributed by atoms with Crippen LogP contribution in [0.1, 0.15) is 40.2 Å². The maximum atomic E-state index is 13.5. The average molecular weight is 553 g/mol. The minimum absolute atomic E-state index is 0.0311. The number of anilines is 1. The molecule has 0 bridgehead atoms. The van der Waals surface area contributed by atoms with Crippen molar-refractivity contribution in [3.8, 4) is 0 Å². The quantitative estimate of drug-likeness (QED) is 0.140. The molecule has 0 aromatic heterocycles. The van der Waals surface area contributed by atoms with Crippen molar-refractivity contribution in [1.82, 2.24) is 4.90 Å². The van der Waals surface area contributed by atoms with Crippen LogP contribution in [0.3, 0.4) is 0 Å². The molecular formula is C32H32ClF3N2O. The van der Waals surface area contributed by atoms with E-state index < -0.39 is 11.7 Å². The van der Waals surface area contributed by atoms with Gasteiger partial charge in [-0.2, -0.15) is 13.2 Å². The maximum Gasteiger partial charge on any atom is 0.417 e. The molecule has 3 nitrogen and oxygen atoms in total. The first-order valence-electron chi connectivity index (χ1n) is 12.9. The van der Waals surface area contributed by atoms with Crippen LogP contribution in [-0.4, -0.2) is 24.6 Å². The Balaban J connectivity index is 1.52. The number of halogens is 4. The van der Waals surface area contributed by atoms with Crippen molar-refractivity contribution < 1.29 is 18.0 Å². The van der Waals surface area contributed by atoms with Gasteiger partial charge in [-0.1, -0.05) is 102 Å². The van der Waals surface area contributed by atoms with Gasteiger partial charge in [-0.05, 0) is 48.2 Å². The smallest absolute Gasteiger partial charge is 0.298 e. The lowest BCUT2D eigenvalue weighted by Crippen LogP contribution is -2.31. The Hall–Kier alpha value is -3.32. The van der Waals surface area contributed by atoms with Crippen LogP contribution in [0.4, 0.5) is 18.9 Å². The zero-order valence-corrected chi connectivity index (χ0v) is 22.6. The lowest BCUT2D eigenvalue weighted by molar-refractivity contribution is -0.137. The number of nitrogens with one attached hydrogen (secondary N) is 1. The molecule has 0 aliphatic rings. The van der Waals surface area contributed by atoms with Crippen LogP contribution in [0.5, 0.6) is 0 Å². The molecule has 0 heterocycles. The van der Waals surface area contributed by atoms with Gasteiger partial charge in [0.05, 0.1) is 22.9 Å². The van der Waals surface area contributed by atoms with Crippen LogP contribution < -0.4 is 5.48 Å². The summed E-state index contributed by atoms with van der Waals surface area (Å²) >= 11 is 6.29. The number of rotatable bonds is 12. The monoisotopic (exact) mass is 552 g/mol. The van der Waals surface area contributed by atoms with Crippen LogP contribution in [-0.2, 0) is 17.6 Å². The SMILES string of the molecule is Cc1ccc(NOCCCN(Cc2cccc(C(F)(F)F)c2Cl)CC(c2ccccc2)c2ccccc2)cc1. The Bertz CT molecular complexity index is 1260. The van der Waals surface area contributed by atoms with E-state index in [0.717, 1.165) is 28.4 Å². The van der Waals surface area contributed by atoms with Gasteiger partial charge in [0.25, 0.3) is 0 Å². The summed E-state index contributed by atoms with van der Waals surface area (Å²) in [6.07, 6.45) is -3.84. The van der Waals surface area contributed by atoms with Crippen molar-refractivity contribution >= 4 is 17.3 Å². The highest BCUT2D eigenvalue weighted by Gasteiger charge is 2.34. The summed E-state index contributed by atoms with van der Waals surface area (Å²) in [4.78, 5) is 7.82. The van der Waals surface area contributed by atoms with E-state index >= 15 is 0 Å². The van der Waals surface area contributed by atoms with Gasteiger partial charge in [-0.3, -0.25) is 15.2 Å².